The first-order valence-corrected chi connectivity index (χ1v) is 9.01. The van der Waals surface area contributed by atoms with Crippen LogP contribution < -0.4 is 5.14 Å². The maximum atomic E-state index is 13.4. The van der Waals surface area contributed by atoms with Gasteiger partial charge in [0.25, 0.3) is 0 Å². The minimum Gasteiger partial charge on any atom is -0.233 e. The van der Waals surface area contributed by atoms with E-state index in [4.69, 9.17) is 14.7 Å². The van der Waals surface area contributed by atoms with Crippen molar-refractivity contribution >= 4 is 10.0 Å². The molecule has 0 unspecified atom stereocenters. The Morgan fingerprint density at radius 2 is 1.81 bits per heavy atom. The number of halogens is 3. The number of nitrogens with two attached hydrogens (primary N) is 1. The lowest BCUT2D eigenvalue weighted by Gasteiger charge is -2.09. The van der Waals surface area contributed by atoms with Crippen LogP contribution >= 0.6 is 0 Å². The van der Waals surface area contributed by atoms with E-state index in [1.54, 1.807) is 0 Å². The molecule has 27 heavy (non-hydrogen) atoms. The summed E-state index contributed by atoms with van der Waals surface area (Å²) in [6.07, 6.45) is -4.93. The molecule has 5 nitrogen and oxygen atoms in total. The lowest BCUT2D eigenvalue weighted by Crippen LogP contribution is -2.14. The molecule has 0 spiro atoms. The smallest absolute Gasteiger partial charge is 0.233 e. The van der Waals surface area contributed by atoms with Gasteiger partial charge in [0.1, 0.15) is 0 Å². The van der Waals surface area contributed by atoms with Crippen LogP contribution in [-0.4, -0.2) is 18.2 Å². The molecular weight excluding hydrogens is 379 g/mol. The van der Waals surface area contributed by atoms with Gasteiger partial charge in [-0.2, -0.15) is 18.3 Å². The van der Waals surface area contributed by atoms with Gasteiger partial charge in [-0.15, -0.1) is 0 Å². The molecule has 142 valence electrons. The molecule has 0 aliphatic carbocycles. The van der Waals surface area contributed by atoms with E-state index in [9.17, 15) is 21.6 Å². The SMILES string of the molecule is [2H]c1c([2H])c(-n2nc(C(F)(F)F)cc2-c2ccc(C([2H])([2H])[2H])cc2)c([2H])c([2H])c1CS(N)(=O)=O. The topological polar surface area (TPSA) is 78.0 Å². The van der Waals surface area contributed by atoms with Crippen molar-refractivity contribution < 1.29 is 31.2 Å². The second-order valence-electron chi connectivity index (χ2n) is 5.54. The van der Waals surface area contributed by atoms with Gasteiger partial charge in [0, 0.05) is 9.68 Å². The van der Waals surface area contributed by atoms with Gasteiger partial charge in [0.2, 0.25) is 10.0 Å². The van der Waals surface area contributed by atoms with E-state index in [0.717, 1.165) is 0 Å². The number of alkyl halides is 3. The Labute approximate surface area is 164 Å². The van der Waals surface area contributed by atoms with Crippen LogP contribution in [0.4, 0.5) is 13.2 Å². The molecule has 0 aliphatic rings. The van der Waals surface area contributed by atoms with Gasteiger partial charge >= 0.3 is 6.18 Å². The predicted octanol–water partition coefficient (Wildman–Crippen LogP) is 3.66. The van der Waals surface area contributed by atoms with Crippen molar-refractivity contribution in [1.82, 2.24) is 9.78 Å². The van der Waals surface area contributed by atoms with Crippen LogP contribution in [0.2, 0.25) is 0 Å². The number of sulfonamides is 1. The zero-order chi connectivity index (χ0) is 25.8. The first-order chi connectivity index (χ1) is 15.4. The number of hydrogen-bond acceptors (Lipinski definition) is 3. The fraction of sp³-hybridized carbons (Fsp3) is 0.167. The molecule has 0 radical (unpaired) electrons. The van der Waals surface area contributed by atoms with Crippen LogP contribution in [0.5, 0.6) is 0 Å². The Hall–Kier alpha value is -2.65. The quantitative estimate of drug-likeness (QED) is 0.724. The first kappa shape index (κ1) is 11.9. The van der Waals surface area contributed by atoms with Gasteiger partial charge in [-0.05, 0) is 30.6 Å². The van der Waals surface area contributed by atoms with Crippen molar-refractivity contribution in [3.05, 3.63) is 71.3 Å². The molecule has 1 aromatic heterocycles. The van der Waals surface area contributed by atoms with E-state index in [0.29, 0.717) is 10.7 Å². The normalized spacial score (nSPS) is 16.5. The maximum Gasteiger partial charge on any atom is 0.435 e. The van der Waals surface area contributed by atoms with E-state index in [2.05, 4.69) is 5.10 Å². The number of rotatable bonds is 4. The summed E-state index contributed by atoms with van der Waals surface area (Å²) in [7, 11) is -4.24. The fourth-order valence-corrected chi connectivity index (χ4v) is 2.79. The molecule has 3 aromatic rings. The van der Waals surface area contributed by atoms with Gasteiger partial charge in [0.05, 0.1) is 22.6 Å². The fourth-order valence-electron chi connectivity index (χ4n) is 2.25. The van der Waals surface area contributed by atoms with Crippen molar-refractivity contribution in [3.63, 3.8) is 0 Å². The van der Waals surface area contributed by atoms with E-state index in [1.807, 2.05) is 0 Å². The standard InChI is InChI=1S/C18H16F3N3O2S/c1-12-2-6-14(7-3-12)16-10-17(18(19,20)21)23-24(16)15-8-4-13(5-9-15)11-27(22,25)26/h2-10H,11H2,1H3,(H2,22,25,26)/i1D3,4D,5D,8D,9D. The van der Waals surface area contributed by atoms with Crippen LogP contribution in [0.15, 0.2) is 54.5 Å². The number of hydrogen-bond donors (Lipinski definition) is 1. The molecular formula is C18H16F3N3O2S. The summed E-state index contributed by atoms with van der Waals surface area (Å²) in [5, 5.41) is 8.39. The number of benzene rings is 2. The Kier molecular flexibility index (Phi) is 3.02. The third kappa shape index (κ3) is 4.55. The van der Waals surface area contributed by atoms with Gasteiger partial charge in [-0.3, -0.25) is 0 Å². The van der Waals surface area contributed by atoms with E-state index in [-0.39, 0.29) is 16.8 Å². The highest BCUT2D eigenvalue weighted by atomic mass is 32.2. The molecule has 3 rings (SSSR count). The zero-order valence-electron chi connectivity index (χ0n) is 20.4. The molecule has 0 fully saturated rings. The number of primary sulfonamides is 1. The largest absolute Gasteiger partial charge is 0.435 e. The van der Waals surface area contributed by atoms with Crippen LogP contribution in [0.25, 0.3) is 16.9 Å². The van der Waals surface area contributed by atoms with Gasteiger partial charge in [-0.25, -0.2) is 18.2 Å². The highest BCUT2D eigenvalue weighted by Crippen LogP contribution is 2.33. The highest BCUT2D eigenvalue weighted by Gasteiger charge is 2.35. The highest BCUT2D eigenvalue weighted by molar-refractivity contribution is 7.88. The molecule has 0 bridgehead atoms. The number of aromatic nitrogens is 2. The van der Waals surface area contributed by atoms with E-state index in [1.165, 1.54) is 24.3 Å². The summed E-state index contributed by atoms with van der Waals surface area (Å²) in [6.45, 7) is -2.46. The van der Waals surface area contributed by atoms with Gasteiger partial charge in [0.15, 0.2) is 5.69 Å². The predicted molar refractivity (Wildman–Crippen MR) is 95.6 cm³/mol. The molecule has 9 heteroatoms. The lowest BCUT2D eigenvalue weighted by atomic mass is 10.1. The molecule has 0 aliphatic heterocycles. The Bertz CT molecular complexity index is 1340. The second kappa shape index (κ2) is 6.82. The molecule has 0 atom stereocenters. The van der Waals surface area contributed by atoms with Crippen molar-refractivity contribution in [2.24, 2.45) is 5.14 Å². The van der Waals surface area contributed by atoms with E-state index >= 15 is 0 Å². The first-order valence-electron chi connectivity index (χ1n) is 10.8. The molecule has 0 saturated heterocycles. The van der Waals surface area contributed by atoms with Gasteiger partial charge in [-0.1, -0.05) is 41.9 Å². The van der Waals surface area contributed by atoms with Crippen LogP contribution in [0.1, 0.15) is 26.4 Å². The molecule has 2 N–H and O–H groups in total. The monoisotopic (exact) mass is 402 g/mol. The lowest BCUT2D eigenvalue weighted by molar-refractivity contribution is -0.141. The summed E-state index contributed by atoms with van der Waals surface area (Å²) in [5.41, 5.74) is -2.90. The summed E-state index contributed by atoms with van der Waals surface area (Å²) in [4.78, 5) is 0. The summed E-state index contributed by atoms with van der Waals surface area (Å²) in [5.74, 6) is -1.01. The molecule has 1 heterocycles. The van der Waals surface area contributed by atoms with Crippen molar-refractivity contribution in [2.45, 2.75) is 18.8 Å². The van der Waals surface area contributed by atoms with Crippen LogP contribution in [0.3, 0.4) is 0 Å². The van der Waals surface area contributed by atoms with Crippen molar-refractivity contribution in [2.75, 3.05) is 0 Å². The van der Waals surface area contributed by atoms with Crippen LogP contribution in [0, 0.1) is 6.85 Å². The van der Waals surface area contributed by atoms with E-state index < -0.39 is 69.9 Å². The molecule has 0 saturated carbocycles. The Balaban J connectivity index is 2.31. The average Bonchev–Trinajstić information content (AvgIpc) is 3.14. The summed E-state index contributed by atoms with van der Waals surface area (Å²) in [6, 6.07) is 2.13. The number of aryl methyl sites for hydroxylation is 1. The minimum atomic E-state index is -4.93. The van der Waals surface area contributed by atoms with Gasteiger partial charge < -0.3 is 0 Å². The molecule has 2 aromatic carbocycles. The molecule has 0 amide bonds. The Morgan fingerprint density at radius 3 is 2.33 bits per heavy atom. The Morgan fingerprint density at radius 1 is 1.19 bits per heavy atom. The summed E-state index contributed by atoms with van der Waals surface area (Å²) < 4.78 is 119. The zero-order valence-corrected chi connectivity index (χ0v) is 14.2. The minimum absolute atomic E-state index is 0.0569. The van der Waals surface area contributed by atoms with Crippen LogP contribution in [-0.2, 0) is 22.0 Å². The third-order valence-electron chi connectivity index (χ3n) is 3.40. The second-order valence-corrected chi connectivity index (χ2v) is 7.15. The third-order valence-corrected chi connectivity index (χ3v) is 4.09. The summed E-state index contributed by atoms with van der Waals surface area (Å²) >= 11 is 0. The van der Waals surface area contributed by atoms with Crippen molar-refractivity contribution in [1.29, 1.82) is 0 Å². The maximum absolute atomic E-state index is 13.4. The van der Waals surface area contributed by atoms with Crippen molar-refractivity contribution in [3.8, 4) is 16.9 Å². The number of nitrogens with zero attached hydrogens (tertiary/aromatic N) is 2. The average molecular weight is 402 g/mol.